The molecule has 1 N–H and O–H groups in total. The molecule has 0 bridgehead atoms. The largest absolute Gasteiger partial charge is 0.306 e. The first-order valence-electron chi connectivity index (χ1n) is 7.17. The molecule has 0 saturated heterocycles. The van der Waals surface area contributed by atoms with Gasteiger partial charge < -0.3 is 5.32 Å². The minimum atomic E-state index is 0.452. The van der Waals surface area contributed by atoms with Crippen LogP contribution in [0.2, 0.25) is 0 Å². The summed E-state index contributed by atoms with van der Waals surface area (Å²) in [6.07, 6.45) is 9.87. The summed E-state index contributed by atoms with van der Waals surface area (Å²) in [6, 6.07) is 10.1. The highest BCUT2D eigenvalue weighted by Crippen LogP contribution is 2.29. The van der Waals surface area contributed by atoms with Gasteiger partial charge in [0.25, 0.3) is 0 Å². The molecule has 1 aliphatic carbocycles. The highest BCUT2D eigenvalue weighted by molar-refractivity contribution is 7.99. The molecule has 3 atom stereocenters. The third-order valence-electron chi connectivity index (χ3n) is 4.09. The molecular formula is C16H25NS2. The molecule has 0 aromatic heterocycles. The average Bonchev–Trinajstić information content (AvgIpc) is 2.48. The van der Waals surface area contributed by atoms with Gasteiger partial charge in [0.2, 0.25) is 0 Å². The van der Waals surface area contributed by atoms with Crippen LogP contribution in [0.5, 0.6) is 0 Å². The van der Waals surface area contributed by atoms with Crippen molar-refractivity contribution in [3.63, 3.8) is 0 Å². The smallest absolute Gasteiger partial charge is 0.0294 e. The van der Waals surface area contributed by atoms with Crippen LogP contribution in [0, 0.1) is 0 Å². The van der Waals surface area contributed by atoms with Crippen molar-refractivity contribution in [2.45, 2.75) is 54.8 Å². The fourth-order valence-corrected chi connectivity index (χ4v) is 4.23. The molecule has 3 unspecified atom stereocenters. The lowest BCUT2D eigenvalue weighted by Crippen LogP contribution is -2.41. The minimum Gasteiger partial charge on any atom is -0.306 e. The molecule has 0 amide bonds. The summed E-state index contributed by atoms with van der Waals surface area (Å²) in [6.45, 7) is 2.29. The quantitative estimate of drug-likeness (QED) is 0.788. The van der Waals surface area contributed by atoms with Crippen molar-refractivity contribution >= 4 is 23.5 Å². The summed E-state index contributed by atoms with van der Waals surface area (Å²) in [5, 5.41) is 4.64. The van der Waals surface area contributed by atoms with Crippen molar-refractivity contribution < 1.29 is 0 Å². The van der Waals surface area contributed by atoms with Gasteiger partial charge in [0.15, 0.2) is 0 Å². The highest BCUT2D eigenvalue weighted by atomic mass is 32.2. The molecule has 1 nitrogen and oxygen atoms in total. The van der Waals surface area contributed by atoms with Crippen LogP contribution >= 0.6 is 23.5 Å². The van der Waals surface area contributed by atoms with Crippen LogP contribution in [0.25, 0.3) is 0 Å². The summed E-state index contributed by atoms with van der Waals surface area (Å²) in [4.78, 5) is 1.34. The Labute approximate surface area is 126 Å². The van der Waals surface area contributed by atoms with E-state index in [0.717, 1.165) is 5.25 Å². The Balaban J connectivity index is 1.96. The number of thioether (sulfide) groups is 2. The first-order chi connectivity index (χ1) is 9.24. The molecule has 0 aliphatic heterocycles. The Bertz CT molecular complexity index is 377. The number of rotatable bonds is 5. The van der Waals surface area contributed by atoms with E-state index in [9.17, 15) is 0 Å². The Hall–Kier alpha value is -0.120. The normalized spacial score (nSPS) is 25.2. The van der Waals surface area contributed by atoms with E-state index in [1.54, 1.807) is 11.8 Å². The van der Waals surface area contributed by atoms with E-state index in [1.165, 1.54) is 36.1 Å². The van der Waals surface area contributed by atoms with Crippen molar-refractivity contribution in [1.82, 2.24) is 5.32 Å². The second kappa shape index (κ2) is 7.61. The lowest BCUT2D eigenvalue weighted by Gasteiger charge is -2.33. The maximum absolute atomic E-state index is 3.85. The first-order valence-corrected chi connectivity index (χ1v) is 9.68. The van der Waals surface area contributed by atoms with Gasteiger partial charge in [0, 0.05) is 22.2 Å². The fraction of sp³-hybridized carbons (Fsp3) is 0.625. The number of hydrogen-bond donors (Lipinski definition) is 1. The van der Waals surface area contributed by atoms with Gasteiger partial charge in [0.1, 0.15) is 0 Å². The zero-order valence-electron chi connectivity index (χ0n) is 12.2. The van der Waals surface area contributed by atoms with Crippen molar-refractivity contribution in [3.05, 3.63) is 29.8 Å². The zero-order chi connectivity index (χ0) is 13.7. The monoisotopic (exact) mass is 295 g/mol. The van der Waals surface area contributed by atoms with E-state index in [4.69, 9.17) is 0 Å². The van der Waals surface area contributed by atoms with E-state index in [1.807, 2.05) is 11.8 Å². The molecule has 106 valence electrons. The van der Waals surface area contributed by atoms with Gasteiger partial charge in [-0.05, 0) is 50.0 Å². The third-order valence-corrected chi connectivity index (χ3v) is 6.00. The predicted octanol–water partition coefficient (Wildman–Crippen LogP) is 4.73. The maximum atomic E-state index is 3.85. The second-order valence-electron chi connectivity index (χ2n) is 5.33. The Morgan fingerprint density at radius 2 is 1.79 bits per heavy atom. The van der Waals surface area contributed by atoms with Crippen LogP contribution in [0.4, 0.5) is 0 Å². The Morgan fingerprint density at radius 3 is 2.42 bits per heavy atom. The van der Waals surface area contributed by atoms with Crippen LogP contribution < -0.4 is 5.32 Å². The van der Waals surface area contributed by atoms with Crippen LogP contribution in [0.15, 0.2) is 29.2 Å². The van der Waals surface area contributed by atoms with Gasteiger partial charge >= 0.3 is 0 Å². The van der Waals surface area contributed by atoms with Crippen LogP contribution in [0.1, 0.15) is 44.2 Å². The lowest BCUT2D eigenvalue weighted by atomic mass is 9.93. The molecular weight excluding hydrogens is 270 g/mol. The number of benzene rings is 1. The molecule has 1 aromatic carbocycles. The van der Waals surface area contributed by atoms with Crippen LogP contribution in [-0.4, -0.2) is 23.8 Å². The first kappa shape index (κ1) is 15.3. The maximum Gasteiger partial charge on any atom is 0.0294 e. The topological polar surface area (TPSA) is 12.0 Å². The predicted molar refractivity (Wildman–Crippen MR) is 89.3 cm³/mol. The highest BCUT2D eigenvalue weighted by Gasteiger charge is 2.25. The number of nitrogens with one attached hydrogen (secondary N) is 1. The summed E-state index contributed by atoms with van der Waals surface area (Å²) < 4.78 is 0. The molecule has 1 aromatic rings. The van der Waals surface area contributed by atoms with Gasteiger partial charge in [0.05, 0.1) is 0 Å². The van der Waals surface area contributed by atoms with Gasteiger partial charge in [-0.3, -0.25) is 0 Å². The molecule has 1 aliphatic rings. The van der Waals surface area contributed by atoms with Gasteiger partial charge in [-0.2, -0.15) is 11.8 Å². The molecule has 0 spiro atoms. The van der Waals surface area contributed by atoms with Gasteiger partial charge in [-0.15, -0.1) is 11.8 Å². The Morgan fingerprint density at radius 1 is 1.11 bits per heavy atom. The molecule has 1 fully saturated rings. The molecule has 0 heterocycles. The number of hydrogen-bond acceptors (Lipinski definition) is 3. The summed E-state index contributed by atoms with van der Waals surface area (Å²) >= 11 is 3.84. The van der Waals surface area contributed by atoms with Crippen LogP contribution in [0.3, 0.4) is 0 Å². The summed E-state index contributed by atoms with van der Waals surface area (Å²) in [7, 11) is 0. The molecule has 0 radical (unpaired) electrons. The fourth-order valence-electron chi connectivity index (χ4n) is 2.88. The standard InChI is InChI=1S/C16H25NS2/c1-12(13-8-10-14(18-2)11-9-13)17-15-6-4-5-7-16(15)19-3/h8-12,15-17H,4-7H2,1-3H3. The van der Waals surface area contributed by atoms with Gasteiger partial charge in [-0.25, -0.2) is 0 Å². The van der Waals surface area contributed by atoms with E-state index in [0.29, 0.717) is 12.1 Å². The Kier molecular flexibility index (Phi) is 6.11. The van der Waals surface area contributed by atoms with E-state index < -0.39 is 0 Å². The van der Waals surface area contributed by atoms with Crippen molar-refractivity contribution in [2.24, 2.45) is 0 Å². The third kappa shape index (κ3) is 4.17. The molecule has 3 heteroatoms. The van der Waals surface area contributed by atoms with E-state index in [2.05, 4.69) is 49.0 Å². The minimum absolute atomic E-state index is 0.452. The lowest BCUT2D eigenvalue weighted by molar-refractivity contribution is 0.356. The van der Waals surface area contributed by atoms with E-state index in [-0.39, 0.29) is 0 Å². The second-order valence-corrected chi connectivity index (χ2v) is 7.28. The van der Waals surface area contributed by atoms with Gasteiger partial charge in [-0.1, -0.05) is 25.0 Å². The molecule has 1 saturated carbocycles. The summed E-state index contributed by atoms with van der Waals surface area (Å²) in [5.74, 6) is 0. The van der Waals surface area contributed by atoms with Crippen molar-refractivity contribution in [2.75, 3.05) is 12.5 Å². The zero-order valence-corrected chi connectivity index (χ0v) is 13.8. The molecule has 2 rings (SSSR count). The van der Waals surface area contributed by atoms with Crippen LogP contribution in [-0.2, 0) is 0 Å². The SMILES string of the molecule is CSc1ccc(C(C)NC2CCCCC2SC)cc1. The van der Waals surface area contributed by atoms with E-state index >= 15 is 0 Å². The molecule has 19 heavy (non-hydrogen) atoms. The van der Waals surface area contributed by atoms with Crippen molar-refractivity contribution in [3.8, 4) is 0 Å². The average molecular weight is 296 g/mol. The van der Waals surface area contributed by atoms with Crippen molar-refractivity contribution in [1.29, 1.82) is 0 Å². The summed E-state index contributed by atoms with van der Waals surface area (Å²) in [5.41, 5.74) is 1.41.